The molecule has 1 N–H and O–H groups in total. The quantitative estimate of drug-likeness (QED) is 0.550. The van der Waals surface area contributed by atoms with Gasteiger partial charge in [-0.15, -0.1) is 5.10 Å². The number of anilines is 1. The first-order valence-electron chi connectivity index (χ1n) is 9.22. The van der Waals surface area contributed by atoms with E-state index in [9.17, 15) is 9.18 Å². The minimum Gasteiger partial charge on any atom is -0.436 e. The summed E-state index contributed by atoms with van der Waals surface area (Å²) < 4.78 is 21.3. The molecule has 148 valence electrons. The van der Waals surface area contributed by atoms with Crippen LogP contribution in [-0.4, -0.2) is 25.7 Å². The summed E-state index contributed by atoms with van der Waals surface area (Å²) in [5.74, 6) is -0.0534. The average Bonchev–Trinajstić information content (AvgIpc) is 3.24. The van der Waals surface area contributed by atoms with Crippen LogP contribution in [0.2, 0.25) is 0 Å². The summed E-state index contributed by atoms with van der Waals surface area (Å²) in [5.41, 5.74) is 2.72. The third-order valence-corrected chi connectivity index (χ3v) is 4.61. The molecule has 0 fully saturated rings. The number of amides is 1. The van der Waals surface area contributed by atoms with Gasteiger partial charge in [-0.2, -0.15) is 0 Å². The van der Waals surface area contributed by atoms with Gasteiger partial charge in [0.1, 0.15) is 11.5 Å². The summed E-state index contributed by atoms with van der Waals surface area (Å²) in [6.07, 6.45) is 3.50. The van der Waals surface area contributed by atoms with Gasteiger partial charge in [-0.05, 0) is 42.7 Å². The van der Waals surface area contributed by atoms with Crippen LogP contribution in [0.3, 0.4) is 0 Å². The van der Waals surface area contributed by atoms with Crippen LogP contribution in [0.15, 0.2) is 41.1 Å². The minimum absolute atomic E-state index is 0.128. The van der Waals surface area contributed by atoms with Gasteiger partial charge in [-0.25, -0.2) is 19.0 Å². The maximum Gasteiger partial charge on any atom is 0.293 e. The number of hydrogen-bond donors (Lipinski definition) is 1. The van der Waals surface area contributed by atoms with E-state index in [1.54, 1.807) is 26.2 Å². The molecule has 0 bridgehead atoms. The van der Waals surface area contributed by atoms with Crippen molar-refractivity contribution in [1.29, 1.82) is 0 Å². The van der Waals surface area contributed by atoms with Crippen LogP contribution < -0.4 is 5.32 Å². The first-order chi connectivity index (χ1) is 13.8. The lowest BCUT2D eigenvalue weighted by Gasteiger charge is -2.08. The van der Waals surface area contributed by atoms with Crippen LogP contribution in [0.4, 0.5) is 10.1 Å². The number of carbonyl (C=O) groups excluding carboxylic acids is 1. The lowest BCUT2D eigenvalue weighted by molar-refractivity contribution is 0.0994. The van der Waals surface area contributed by atoms with Crippen LogP contribution in [0, 0.1) is 19.7 Å². The smallest absolute Gasteiger partial charge is 0.293 e. The van der Waals surface area contributed by atoms with Crippen LogP contribution in [0.25, 0.3) is 16.7 Å². The van der Waals surface area contributed by atoms with Crippen molar-refractivity contribution in [2.75, 3.05) is 5.32 Å². The van der Waals surface area contributed by atoms with Gasteiger partial charge in [0.05, 0.1) is 5.69 Å². The highest BCUT2D eigenvalue weighted by molar-refractivity contribution is 6.03. The first kappa shape index (κ1) is 18.8. The van der Waals surface area contributed by atoms with E-state index in [4.69, 9.17) is 4.42 Å². The van der Waals surface area contributed by atoms with Crippen molar-refractivity contribution in [1.82, 2.24) is 19.7 Å². The normalized spacial score (nSPS) is 11.4. The summed E-state index contributed by atoms with van der Waals surface area (Å²) in [4.78, 5) is 20.9. The molecule has 4 rings (SSSR count). The van der Waals surface area contributed by atoms with Crippen molar-refractivity contribution in [3.63, 3.8) is 0 Å². The van der Waals surface area contributed by atoms with E-state index >= 15 is 0 Å². The molecule has 0 aliphatic rings. The molecule has 1 aromatic carbocycles. The van der Waals surface area contributed by atoms with Crippen molar-refractivity contribution in [2.24, 2.45) is 0 Å². The molecule has 0 radical (unpaired) electrons. The van der Waals surface area contributed by atoms with E-state index in [0.29, 0.717) is 28.8 Å². The zero-order chi connectivity index (χ0) is 20.7. The van der Waals surface area contributed by atoms with Gasteiger partial charge in [-0.3, -0.25) is 4.79 Å². The molecule has 29 heavy (non-hydrogen) atoms. The molecule has 0 aliphatic heterocycles. The van der Waals surface area contributed by atoms with Crippen LogP contribution in [-0.2, 0) is 0 Å². The Morgan fingerprint density at radius 2 is 2.03 bits per heavy atom. The summed E-state index contributed by atoms with van der Waals surface area (Å²) >= 11 is 0. The number of rotatable bonds is 4. The minimum atomic E-state index is -0.466. The van der Waals surface area contributed by atoms with Crippen molar-refractivity contribution >= 4 is 22.6 Å². The van der Waals surface area contributed by atoms with E-state index in [1.165, 1.54) is 22.9 Å². The fraction of sp³-hybridized carbons (Fsp3) is 0.238. The van der Waals surface area contributed by atoms with Gasteiger partial charge < -0.3 is 9.73 Å². The van der Waals surface area contributed by atoms with E-state index in [0.717, 1.165) is 10.9 Å². The van der Waals surface area contributed by atoms with Crippen LogP contribution in [0.5, 0.6) is 0 Å². The zero-order valence-electron chi connectivity index (χ0n) is 16.5. The molecule has 3 aromatic heterocycles. The predicted octanol–water partition coefficient (Wildman–Crippen LogP) is 4.54. The molecule has 0 saturated heterocycles. The van der Waals surface area contributed by atoms with Gasteiger partial charge in [0, 0.05) is 30.4 Å². The van der Waals surface area contributed by atoms with Gasteiger partial charge in [0.15, 0.2) is 11.5 Å². The van der Waals surface area contributed by atoms with Crippen molar-refractivity contribution in [2.45, 2.75) is 33.6 Å². The highest BCUT2D eigenvalue weighted by atomic mass is 19.1. The number of aryl methyl sites for hydroxylation is 2. The highest BCUT2D eigenvalue weighted by Crippen LogP contribution is 2.23. The Balaban J connectivity index is 1.67. The monoisotopic (exact) mass is 393 g/mol. The number of benzene rings is 1. The van der Waals surface area contributed by atoms with Crippen molar-refractivity contribution < 1.29 is 13.6 Å². The van der Waals surface area contributed by atoms with Gasteiger partial charge in [0.25, 0.3) is 5.91 Å². The van der Waals surface area contributed by atoms with Crippen molar-refractivity contribution in [3.8, 4) is 5.69 Å². The summed E-state index contributed by atoms with van der Waals surface area (Å²) in [5, 5.41) is 7.89. The number of fused-ring (bicyclic) bond motifs is 1. The Hall–Kier alpha value is -3.55. The Bertz CT molecular complexity index is 1230. The number of nitrogens with one attached hydrogen (secondary N) is 1. The molecule has 0 spiro atoms. The molecular weight excluding hydrogens is 373 g/mol. The molecule has 3 heterocycles. The lowest BCUT2D eigenvalue weighted by Crippen LogP contribution is -2.13. The Labute approximate surface area is 166 Å². The lowest BCUT2D eigenvalue weighted by atomic mass is 10.1. The van der Waals surface area contributed by atoms with Gasteiger partial charge in [-0.1, -0.05) is 13.8 Å². The standard InChI is InChI=1S/C21H20FN5O2/c1-11(2)14-7-15-10-27(26-20(15)23-9-14)18-8-16(5-6-17(18)22)25-21(28)19-12(3)24-13(4)29-19/h5-11H,1-4H3,(H,25,28). The average molecular weight is 393 g/mol. The number of halogens is 1. The Morgan fingerprint density at radius 3 is 2.72 bits per heavy atom. The van der Waals surface area contributed by atoms with Crippen LogP contribution in [0.1, 0.15) is 47.5 Å². The topological polar surface area (TPSA) is 85.8 Å². The molecule has 0 unspecified atom stereocenters. The Morgan fingerprint density at radius 1 is 1.24 bits per heavy atom. The number of aromatic nitrogens is 4. The second kappa shape index (κ2) is 7.12. The van der Waals surface area contributed by atoms with E-state index in [-0.39, 0.29) is 11.4 Å². The molecule has 4 aromatic rings. The highest BCUT2D eigenvalue weighted by Gasteiger charge is 2.17. The number of pyridine rings is 1. The van der Waals surface area contributed by atoms with Gasteiger partial charge >= 0.3 is 0 Å². The van der Waals surface area contributed by atoms with E-state index < -0.39 is 11.7 Å². The third-order valence-electron chi connectivity index (χ3n) is 4.61. The fourth-order valence-electron chi connectivity index (χ4n) is 3.07. The fourth-order valence-corrected chi connectivity index (χ4v) is 3.07. The summed E-state index contributed by atoms with van der Waals surface area (Å²) in [6, 6.07) is 6.27. The maximum atomic E-state index is 14.5. The molecule has 0 aliphatic carbocycles. The second-order valence-electron chi connectivity index (χ2n) is 7.18. The van der Waals surface area contributed by atoms with Crippen LogP contribution >= 0.6 is 0 Å². The molecule has 8 heteroatoms. The summed E-state index contributed by atoms with van der Waals surface area (Å²) in [6.45, 7) is 7.52. The van der Waals surface area contributed by atoms with Gasteiger partial charge in [0.2, 0.25) is 5.76 Å². The van der Waals surface area contributed by atoms with E-state index in [1.807, 2.05) is 6.07 Å². The molecule has 7 nitrogen and oxygen atoms in total. The third kappa shape index (κ3) is 3.61. The molecule has 0 saturated carbocycles. The molecular formula is C21H20FN5O2. The molecule has 0 atom stereocenters. The number of hydrogen-bond acceptors (Lipinski definition) is 5. The second-order valence-corrected chi connectivity index (χ2v) is 7.18. The molecule has 1 amide bonds. The number of nitrogens with zero attached hydrogens (tertiary/aromatic N) is 4. The number of oxazole rings is 1. The number of carbonyl (C=O) groups is 1. The van der Waals surface area contributed by atoms with E-state index in [2.05, 4.69) is 34.2 Å². The van der Waals surface area contributed by atoms with Crippen molar-refractivity contribution in [3.05, 3.63) is 65.4 Å². The Kier molecular flexibility index (Phi) is 4.62. The first-order valence-corrected chi connectivity index (χ1v) is 9.22. The SMILES string of the molecule is Cc1nc(C)c(C(=O)Nc2ccc(F)c(-n3cc4cc(C(C)C)cnc4n3)c2)o1. The zero-order valence-corrected chi connectivity index (χ0v) is 16.5. The predicted molar refractivity (Wildman–Crippen MR) is 107 cm³/mol. The summed E-state index contributed by atoms with van der Waals surface area (Å²) in [7, 11) is 0. The largest absolute Gasteiger partial charge is 0.436 e. The maximum absolute atomic E-state index is 14.5.